The highest BCUT2D eigenvalue weighted by molar-refractivity contribution is 7.92. The zero-order valence-electron chi connectivity index (χ0n) is 8.97. The third-order valence-corrected chi connectivity index (χ3v) is 3.84. The van der Waals surface area contributed by atoms with Gasteiger partial charge in [0.1, 0.15) is 5.15 Å². The molecule has 6 nitrogen and oxygen atoms in total. The van der Waals surface area contributed by atoms with Crippen molar-refractivity contribution in [1.29, 1.82) is 0 Å². The van der Waals surface area contributed by atoms with E-state index in [1.807, 2.05) is 0 Å². The Morgan fingerprint density at radius 2 is 2.29 bits per heavy atom. The minimum Gasteiger partial charge on any atom is -0.377 e. The molecule has 2 rings (SSSR count). The normalized spacial score (nSPS) is 20.4. The Hall–Kier alpha value is -0.920. The summed E-state index contributed by atoms with van der Waals surface area (Å²) in [5.74, 6) is 0.101. The maximum Gasteiger partial charge on any atom is 0.236 e. The summed E-state index contributed by atoms with van der Waals surface area (Å²) >= 11 is 5.55. The molecular formula is C9H12ClN3O3S. The third-order valence-electron chi connectivity index (χ3n) is 2.31. The Balaban J connectivity index is 1.98. The van der Waals surface area contributed by atoms with E-state index in [1.165, 1.54) is 12.4 Å². The fourth-order valence-electron chi connectivity index (χ4n) is 1.59. The molecule has 2 heterocycles. The van der Waals surface area contributed by atoms with Crippen LogP contribution in [0.15, 0.2) is 12.4 Å². The summed E-state index contributed by atoms with van der Waals surface area (Å²) in [6.45, 7) is 0.626. The lowest BCUT2D eigenvalue weighted by atomic mass is 10.3. The lowest BCUT2D eigenvalue weighted by Gasteiger charge is -2.11. The average molecular weight is 278 g/mol. The van der Waals surface area contributed by atoms with Gasteiger partial charge in [0.05, 0.1) is 24.3 Å². The van der Waals surface area contributed by atoms with E-state index in [4.69, 9.17) is 16.3 Å². The lowest BCUT2D eigenvalue weighted by Crippen LogP contribution is -2.26. The first kappa shape index (κ1) is 12.5. The second kappa shape index (κ2) is 5.16. The molecule has 1 N–H and O–H groups in total. The van der Waals surface area contributed by atoms with Crippen molar-refractivity contribution in [2.75, 3.05) is 17.1 Å². The van der Waals surface area contributed by atoms with Crippen LogP contribution in [-0.4, -0.2) is 36.8 Å². The summed E-state index contributed by atoms with van der Waals surface area (Å²) in [6.07, 6.45) is 4.00. The number of ether oxygens (including phenoxy) is 1. The van der Waals surface area contributed by atoms with Gasteiger partial charge in [0.25, 0.3) is 0 Å². The molecule has 1 saturated heterocycles. The van der Waals surface area contributed by atoms with Crippen LogP contribution in [0.5, 0.6) is 0 Å². The van der Waals surface area contributed by atoms with Crippen molar-refractivity contribution in [3.8, 4) is 0 Å². The number of hydrogen-bond acceptors (Lipinski definition) is 5. The van der Waals surface area contributed by atoms with E-state index in [9.17, 15) is 8.42 Å². The smallest absolute Gasteiger partial charge is 0.236 e. The Bertz CT molecular complexity index is 471. The Morgan fingerprint density at radius 1 is 1.47 bits per heavy atom. The number of nitrogens with one attached hydrogen (secondary N) is 1. The van der Waals surface area contributed by atoms with Gasteiger partial charge in [0.2, 0.25) is 10.0 Å². The van der Waals surface area contributed by atoms with Gasteiger partial charge in [-0.3, -0.25) is 4.72 Å². The van der Waals surface area contributed by atoms with E-state index in [0.717, 1.165) is 12.8 Å². The van der Waals surface area contributed by atoms with Gasteiger partial charge >= 0.3 is 0 Å². The van der Waals surface area contributed by atoms with Gasteiger partial charge in [-0.05, 0) is 12.8 Å². The minimum absolute atomic E-state index is 0.0582. The first-order valence-corrected chi connectivity index (χ1v) is 7.18. The van der Waals surface area contributed by atoms with E-state index in [0.29, 0.717) is 6.61 Å². The highest BCUT2D eigenvalue weighted by Crippen LogP contribution is 2.15. The largest absolute Gasteiger partial charge is 0.377 e. The third kappa shape index (κ3) is 3.79. The predicted molar refractivity (Wildman–Crippen MR) is 63.4 cm³/mol. The van der Waals surface area contributed by atoms with Crippen molar-refractivity contribution in [2.45, 2.75) is 18.9 Å². The fraction of sp³-hybridized carbons (Fsp3) is 0.556. The fourth-order valence-corrected chi connectivity index (χ4v) is 2.94. The predicted octanol–water partition coefficient (Wildman–Crippen LogP) is 1.05. The molecule has 0 aliphatic carbocycles. The molecule has 1 aliphatic rings. The van der Waals surface area contributed by atoms with Crippen molar-refractivity contribution in [1.82, 2.24) is 9.97 Å². The Morgan fingerprint density at radius 3 is 2.88 bits per heavy atom. The van der Waals surface area contributed by atoms with E-state index in [1.54, 1.807) is 0 Å². The standard InChI is InChI=1S/C9H12ClN3O3S/c10-8-4-12-9(5-11-8)13-17(14,15)6-7-2-1-3-16-7/h4-5,7H,1-3,6H2,(H,12,13). The van der Waals surface area contributed by atoms with Crippen LogP contribution < -0.4 is 4.72 Å². The molecule has 1 aromatic rings. The summed E-state index contributed by atoms with van der Waals surface area (Å²) in [4.78, 5) is 7.55. The van der Waals surface area contributed by atoms with Crippen LogP contribution >= 0.6 is 11.6 Å². The summed E-state index contributed by atoms with van der Waals surface area (Å²) in [5.41, 5.74) is 0. The van der Waals surface area contributed by atoms with Crippen LogP contribution in [0.3, 0.4) is 0 Å². The number of hydrogen-bond donors (Lipinski definition) is 1. The summed E-state index contributed by atoms with van der Waals surface area (Å²) in [5, 5.41) is 0.215. The molecule has 1 aromatic heterocycles. The first-order chi connectivity index (χ1) is 8.05. The van der Waals surface area contributed by atoms with Gasteiger partial charge in [0.15, 0.2) is 5.82 Å². The van der Waals surface area contributed by atoms with Crippen molar-refractivity contribution in [3.05, 3.63) is 17.5 Å². The Labute approximate surface area is 104 Å². The molecule has 8 heteroatoms. The molecule has 0 radical (unpaired) electrons. The molecule has 1 aliphatic heterocycles. The molecule has 0 bridgehead atoms. The zero-order chi connectivity index (χ0) is 12.3. The maximum atomic E-state index is 11.7. The highest BCUT2D eigenvalue weighted by atomic mass is 35.5. The zero-order valence-corrected chi connectivity index (χ0v) is 10.5. The van der Waals surface area contributed by atoms with Crippen molar-refractivity contribution in [2.24, 2.45) is 0 Å². The van der Waals surface area contributed by atoms with Crippen LogP contribution in [0.1, 0.15) is 12.8 Å². The number of aromatic nitrogens is 2. The molecular weight excluding hydrogens is 266 g/mol. The molecule has 1 atom stereocenters. The van der Waals surface area contributed by atoms with Crippen LogP contribution in [0.25, 0.3) is 0 Å². The van der Waals surface area contributed by atoms with Gasteiger partial charge < -0.3 is 4.74 Å². The second-order valence-electron chi connectivity index (χ2n) is 3.74. The van der Waals surface area contributed by atoms with Gasteiger partial charge in [-0.2, -0.15) is 0 Å². The second-order valence-corrected chi connectivity index (χ2v) is 5.90. The van der Waals surface area contributed by atoms with Gasteiger partial charge in [-0.15, -0.1) is 0 Å². The van der Waals surface area contributed by atoms with Gasteiger partial charge in [0, 0.05) is 6.61 Å². The highest BCUT2D eigenvalue weighted by Gasteiger charge is 2.23. The summed E-state index contributed by atoms with van der Waals surface area (Å²) < 4.78 is 31.1. The maximum absolute atomic E-state index is 11.7. The number of sulfonamides is 1. The SMILES string of the molecule is O=S(=O)(CC1CCCO1)Nc1cnc(Cl)cn1. The number of rotatable bonds is 4. The van der Waals surface area contributed by atoms with Crippen LogP contribution in [0.2, 0.25) is 5.15 Å². The Kier molecular flexibility index (Phi) is 3.80. The van der Waals surface area contributed by atoms with Gasteiger partial charge in [-0.25, -0.2) is 18.4 Å². The number of halogens is 1. The first-order valence-electron chi connectivity index (χ1n) is 5.15. The summed E-state index contributed by atoms with van der Waals surface area (Å²) in [7, 11) is -3.45. The van der Waals surface area contributed by atoms with E-state index < -0.39 is 10.0 Å². The monoisotopic (exact) mass is 277 g/mol. The minimum atomic E-state index is -3.45. The molecule has 0 saturated carbocycles. The molecule has 1 fully saturated rings. The molecule has 17 heavy (non-hydrogen) atoms. The molecule has 0 aromatic carbocycles. The van der Waals surface area contributed by atoms with Crippen LogP contribution in [-0.2, 0) is 14.8 Å². The number of nitrogens with zero attached hydrogens (tertiary/aromatic N) is 2. The van der Waals surface area contributed by atoms with E-state index >= 15 is 0 Å². The van der Waals surface area contributed by atoms with E-state index in [2.05, 4.69) is 14.7 Å². The molecule has 0 spiro atoms. The lowest BCUT2D eigenvalue weighted by molar-refractivity contribution is 0.127. The van der Waals surface area contributed by atoms with Crippen molar-refractivity contribution < 1.29 is 13.2 Å². The quantitative estimate of drug-likeness (QED) is 0.890. The van der Waals surface area contributed by atoms with Crippen molar-refractivity contribution in [3.63, 3.8) is 0 Å². The van der Waals surface area contributed by atoms with Crippen molar-refractivity contribution >= 4 is 27.4 Å². The molecule has 1 unspecified atom stereocenters. The van der Waals surface area contributed by atoms with Gasteiger partial charge in [-0.1, -0.05) is 11.6 Å². The van der Waals surface area contributed by atoms with Crippen LogP contribution in [0.4, 0.5) is 5.82 Å². The molecule has 0 amide bonds. The topological polar surface area (TPSA) is 81.2 Å². The molecule has 94 valence electrons. The average Bonchev–Trinajstić information content (AvgIpc) is 2.73. The van der Waals surface area contributed by atoms with E-state index in [-0.39, 0.29) is 22.8 Å². The summed E-state index contributed by atoms with van der Waals surface area (Å²) in [6, 6.07) is 0. The van der Waals surface area contributed by atoms with Crippen LogP contribution in [0, 0.1) is 0 Å². The number of anilines is 1.